The minimum absolute atomic E-state index is 0.00727. The lowest BCUT2D eigenvalue weighted by molar-refractivity contribution is -0.108. The molecule has 0 amide bonds. The molecule has 0 bridgehead atoms. The Kier molecular flexibility index (Phi) is 5.41. The second-order valence-electron chi connectivity index (χ2n) is 5.71. The number of carbonyl (C=O) groups excluding carboxylic acids is 2. The average molecular weight is 363 g/mol. The van der Waals surface area contributed by atoms with Gasteiger partial charge in [0.2, 0.25) is 0 Å². The molecule has 136 valence electrons. The van der Waals surface area contributed by atoms with E-state index in [0.29, 0.717) is 11.8 Å². The molecule has 0 aliphatic carbocycles. The van der Waals surface area contributed by atoms with Crippen molar-refractivity contribution in [1.82, 2.24) is 9.55 Å². The first-order valence-electron chi connectivity index (χ1n) is 8.22. The summed E-state index contributed by atoms with van der Waals surface area (Å²) in [7, 11) is 0. The van der Waals surface area contributed by atoms with E-state index in [1.807, 2.05) is 24.3 Å². The number of rotatable bonds is 6. The maximum atomic E-state index is 12.8. The van der Waals surface area contributed by atoms with Gasteiger partial charge in [-0.1, -0.05) is 60.7 Å². The molecule has 0 unspecified atom stereocenters. The average Bonchev–Trinajstić information content (AvgIpc) is 2.70. The van der Waals surface area contributed by atoms with Crippen LogP contribution < -0.4 is 11.3 Å². The molecule has 7 nitrogen and oxygen atoms in total. The van der Waals surface area contributed by atoms with Gasteiger partial charge in [-0.3, -0.25) is 9.36 Å². The summed E-state index contributed by atoms with van der Waals surface area (Å²) in [5.74, 6) is -0.906. The van der Waals surface area contributed by atoms with Crippen LogP contribution in [0.5, 0.6) is 0 Å². The molecule has 1 aromatic heterocycles. The topological polar surface area (TPSA) is 104 Å². The highest BCUT2D eigenvalue weighted by atomic mass is 16.5. The number of nitrogens with two attached hydrogens (primary N) is 1. The molecule has 2 N–H and O–H groups in total. The van der Waals surface area contributed by atoms with Crippen LogP contribution in [0.1, 0.15) is 15.9 Å². The van der Waals surface area contributed by atoms with E-state index in [-0.39, 0.29) is 30.4 Å². The number of nitrogen functional groups attached to an aromatic ring is 1. The first kappa shape index (κ1) is 18.1. The first-order chi connectivity index (χ1) is 13.1. The van der Waals surface area contributed by atoms with E-state index in [4.69, 9.17) is 10.5 Å². The standard InChI is InChI=1S/C20H17N3O4/c21-17-16(20(26)27-13-14-7-3-1-4-8-14)19(25)23(11-12-24)18(22-17)15-9-5-2-6-10-15/h1-10,12H,11,13,21H2. The third-order valence-electron chi connectivity index (χ3n) is 3.90. The summed E-state index contributed by atoms with van der Waals surface area (Å²) < 4.78 is 6.30. The van der Waals surface area contributed by atoms with Gasteiger partial charge in [-0.05, 0) is 5.56 Å². The third kappa shape index (κ3) is 3.92. The smallest absolute Gasteiger partial charge is 0.347 e. The summed E-state index contributed by atoms with van der Waals surface area (Å²) in [6.07, 6.45) is 0.560. The maximum Gasteiger partial charge on any atom is 0.347 e. The zero-order chi connectivity index (χ0) is 19.2. The van der Waals surface area contributed by atoms with Crippen molar-refractivity contribution >= 4 is 18.1 Å². The summed E-state index contributed by atoms with van der Waals surface area (Å²) in [5, 5.41) is 0. The Morgan fingerprint density at radius 2 is 1.70 bits per heavy atom. The van der Waals surface area contributed by atoms with Crippen LogP contribution in [-0.2, 0) is 22.7 Å². The van der Waals surface area contributed by atoms with Gasteiger partial charge in [0, 0.05) is 5.56 Å². The second-order valence-corrected chi connectivity index (χ2v) is 5.71. The van der Waals surface area contributed by atoms with E-state index in [9.17, 15) is 14.4 Å². The van der Waals surface area contributed by atoms with E-state index in [1.54, 1.807) is 36.4 Å². The second kappa shape index (κ2) is 8.09. The Bertz CT molecular complexity index is 1010. The predicted molar refractivity (Wildman–Crippen MR) is 100.0 cm³/mol. The zero-order valence-electron chi connectivity index (χ0n) is 14.4. The first-order valence-corrected chi connectivity index (χ1v) is 8.22. The molecule has 0 saturated carbocycles. The molecule has 1 heterocycles. The number of hydrogen-bond acceptors (Lipinski definition) is 6. The van der Waals surface area contributed by atoms with Gasteiger partial charge in [-0.15, -0.1) is 0 Å². The highest BCUT2D eigenvalue weighted by molar-refractivity contribution is 5.94. The zero-order valence-corrected chi connectivity index (χ0v) is 14.4. The van der Waals surface area contributed by atoms with Gasteiger partial charge in [0.05, 0.1) is 6.54 Å². The fourth-order valence-electron chi connectivity index (χ4n) is 2.61. The van der Waals surface area contributed by atoms with E-state index in [0.717, 1.165) is 10.1 Å². The van der Waals surface area contributed by atoms with Gasteiger partial charge in [0.15, 0.2) is 5.56 Å². The lowest BCUT2D eigenvalue weighted by Gasteiger charge is -2.13. The Labute approximate surface area is 155 Å². The Morgan fingerprint density at radius 1 is 1.07 bits per heavy atom. The number of aromatic nitrogens is 2. The SMILES string of the molecule is Nc1nc(-c2ccccc2)n(CC=O)c(=O)c1C(=O)OCc1ccccc1. The van der Waals surface area contributed by atoms with Gasteiger partial charge in [0.25, 0.3) is 5.56 Å². The van der Waals surface area contributed by atoms with Crippen LogP contribution >= 0.6 is 0 Å². The Morgan fingerprint density at radius 3 is 2.33 bits per heavy atom. The monoisotopic (exact) mass is 363 g/mol. The molecule has 0 atom stereocenters. The van der Waals surface area contributed by atoms with Crippen molar-refractivity contribution in [3.63, 3.8) is 0 Å². The van der Waals surface area contributed by atoms with E-state index >= 15 is 0 Å². The van der Waals surface area contributed by atoms with Crippen LogP contribution in [0.4, 0.5) is 5.82 Å². The van der Waals surface area contributed by atoms with Gasteiger partial charge in [-0.2, -0.15) is 0 Å². The van der Waals surface area contributed by atoms with Crippen molar-refractivity contribution in [2.24, 2.45) is 0 Å². The summed E-state index contributed by atoms with van der Waals surface area (Å²) in [6, 6.07) is 17.9. The molecular formula is C20H17N3O4. The van der Waals surface area contributed by atoms with E-state index < -0.39 is 11.5 Å². The number of ether oxygens (including phenoxy) is 1. The van der Waals surface area contributed by atoms with Gasteiger partial charge < -0.3 is 15.3 Å². The van der Waals surface area contributed by atoms with Crippen LogP contribution in [0, 0.1) is 0 Å². The Balaban J connectivity index is 1.98. The third-order valence-corrected chi connectivity index (χ3v) is 3.90. The highest BCUT2D eigenvalue weighted by Gasteiger charge is 2.22. The van der Waals surface area contributed by atoms with Crippen molar-refractivity contribution in [2.45, 2.75) is 13.2 Å². The Hall–Kier alpha value is -3.74. The van der Waals surface area contributed by atoms with Gasteiger partial charge in [0.1, 0.15) is 24.5 Å². The van der Waals surface area contributed by atoms with Crippen molar-refractivity contribution < 1.29 is 14.3 Å². The van der Waals surface area contributed by atoms with Crippen molar-refractivity contribution in [3.05, 3.63) is 82.1 Å². The number of hydrogen-bond donors (Lipinski definition) is 1. The van der Waals surface area contributed by atoms with E-state index in [1.165, 1.54) is 0 Å². The van der Waals surface area contributed by atoms with Crippen LogP contribution in [0.25, 0.3) is 11.4 Å². The maximum absolute atomic E-state index is 12.8. The van der Waals surface area contributed by atoms with Crippen LogP contribution in [0.2, 0.25) is 0 Å². The number of anilines is 1. The molecule has 27 heavy (non-hydrogen) atoms. The highest BCUT2D eigenvalue weighted by Crippen LogP contribution is 2.18. The fraction of sp³-hybridized carbons (Fsp3) is 0.100. The molecule has 0 aliphatic heterocycles. The summed E-state index contributed by atoms with van der Waals surface area (Å²) in [5.41, 5.74) is 6.16. The number of benzene rings is 2. The normalized spacial score (nSPS) is 10.4. The molecule has 3 aromatic rings. The van der Waals surface area contributed by atoms with Gasteiger partial charge >= 0.3 is 5.97 Å². The molecule has 0 fully saturated rings. The van der Waals surface area contributed by atoms with Crippen molar-refractivity contribution in [1.29, 1.82) is 0 Å². The number of carbonyl (C=O) groups is 2. The lowest BCUT2D eigenvalue weighted by atomic mass is 10.2. The largest absolute Gasteiger partial charge is 0.457 e. The van der Waals surface area contributed by atoms with Crippen LogP contribution in [0.3, 0.4) is 0 Å². The van der Waals surface area contributed by atoms with Crippen LogP contribution in [-0.4, -0.2) is 21.8 Å². The summed E-state index contributed by atoms with van der Waals surface area (Å²) in [6.45, 7) is -0.262. The number of esters is 1. The van der Waals surface area contributed by atoms with Crippen LogP contribution in [0.15, 0.2) is 65.5 Å². The quantitative estimate of drug-likeness (QED) is 0.531. The molecule has 0 aliphatic rings. The van der Waals surface area contributed by atoms with E-state index in [2.05, 4.69) is 4.98 Å². The number of aldehydes is 1. The molecule has 0 radical (unpaired) electrons. The number of nitrogens with zero attached hydrogens (tertiary/aromatic N) is 2. The lowest BCUT2D eigenvalue weighted by Crippen LogP contribution is -2.31. The van der Waals surface area contributed by atoms with Gasteiger partial charge in [-0.25, -0.2) is 9.78 Å². The summed E-state index contributed by atoms with van der Waals surface area (Å²) >= 11 is 0. The molecule has 2 aromatic carbocycles. The summed E-state index contributed by atoms with van der Waals surface area (Å²) in [4.78, 5) is 40.5. The minimum atomic E-state index is -0.881. The molecule has 3 rings (SSSR count). The molecule has 7 heteroatoms. The molecule has 0 saturated heterocycles. The minimum Gasteiger partial charge on any atom is -0.457 e. The molecular weight excluding hydrogens is 346 g/mol. The van der Waals surface area contributed by atoms with Crippen molar-refractivity contribution in [3.8, 4) is 11.4 Å². The molecule has 0 spiro atoms. The fourth-order valence-corrected chi connectivity index (χ4v) is 2.61. The van der Waals surface area contributed by atoms with Crippen molar-refractivity contribution in [2.75, 3.05) is 5.73 Å². The predicted octanol–water partition coefficient (Wildman–Crippen LogP) is 2.05.